The van der Waals surface area contributed by atoms with Crippen molar-refractivity contribution in [1.29, 1.82) is 0 Å². The lowest BCUT2D eigenvalue weighted by molar-refractivity contribution is -0.136. The fourth-order valence-electron chi connectivity index (χ4n) is 6.80. The molecule has 1 aromatic heterocycles. The van der Waals surface area contributed by atoms with Crippen molar-refractivity contribution in [2.75, 3.05) is 5.32 Å². The molecular formula is C32H32F3N3O5. The molecule has 2 aromatic carbocycles. The number of carboxylic acids is 1. The number of halogens is 3. The number of rotatable bonds is 8. The van der Waals surface area contributed by atoms with Gasteiger partial charge in [0.05, 0.1) is 29.5 Å². The number of carbonyl (C=O) groups is 2. The van der Waals surface area contributed by atoms with E-state index in [9.17, 15) is 22.8 Å². The lowest BCUT2D eigenvalue weighted by Crippen LogP contribution is -2.50. The Hall–Kier alpha value is -3.86. The fourth-order valence-corrected chi connectivity index (χ4v) is 6.80. The van der Waals surface area contributed by atoms with Gasteiger partial charge in [0.25, 0.3) is 0 Å². The van der Waals surface area contributed by atoms with E-state index in [4.69, 9.17) is 14.4 Å². The summed E-state index contributed by atoms with van der Waals surface area (Å²) in [6.07, 6.45) is 2.18. The number of aromatic carboxylic acids is 1. The smallest absolute Gasteiger partial charge is 0.418 e. The molecule has 2 saturated carbocycles. The van der Waals surface area contributed by atoms with Gasteiger partial charge in [-0.15, -0.1) is 0 Å². The molecule has 11 heteroatoms. The number of hydrogen-bond donors (Lipinski definition) is 2. The van der Waals surface area contributed by atoms with Gasteiger partial charge >= 0.3 is 18.2 Å². The monoisotopic (exact) mass is 595 g/mol. The number of piperidine rings is 1. The van der Waals surface area contributed by atoms with Crippen LogP contribution in [0.1, 0.15) is 96.0 Å². The van der Waals surface area contributed by atoms with E-state index in [-0.39, 0.29) is 18.2 Å². The maximum Gasteiger partial charge on any atom is 0.418 e. The molecule has 0 spiro atoms. The van der Waals surface area contributed by atoms with Crippen LogP contribution >= 0.6 is 0 Å². The number of urea groups is 1. The number of aromatic nitrogens is 1. The highest BCUT2D eigenvalue weighted by Crippen LogP contribution is 2.48. The van der Waals surface area contributed by atoms with Crippen molar-refractivity contribution in [3.05, 3.63) is 70.5 Å². The standard InChI is InChI=1S/C32H32F3N3O5/c33-32(34,35)26-13-19(30(39)40)9-12-27(26)36-31(41)38-20-10-11-21(38)15-22(14-20)42-16-25-28(37-43-29(25)18-7-8-18)24-4-2-1-3-23(24)17-5-6-17/h1-4,9,12-13,17-18,20-22H,5-8,10-11,14-16H2,(H,36,41)(H,39,40). The normalized spacial score (nSPS) is 23.4. The van der Waals surface area contributed by atoms with E-state index in [0.717, 1.165) is 60.4 Å². The number of anilines is 1. The third-order valence-electron chi connectivity index (χ3n) is 9.20. The molecule has 43 heavy (non-hydrogen) atoms. The molecule has 8 nitrogen and oxygen atoms in total. The van der Waals surface area contributed by atoms with Gasteiger partial charge in [-0.1, -0.05) is 29.4 Å². The van der Waals surface area contributed by atoms with Crippen LogP contribution in [0.3, 0.4) is 0 Å². The minimum absolute atomic E-state index is 0.115. The van der Waals surface area contributed by atoms with E-state index in [1.54, 1.807) is 4.90 Å². The second-order valence-electron chi connectivity index (χ2n) is 12.2. The molecule has 4 fully saturated rings. The van der Waals surface area contributed by atoms with Gasteiger partial charge in [0, 0.05) is 29.1 Å². The van der Waals surface area contributed by atoms with Crippen LogP contribution in [-0.2, 0) is 17.5 Å². The number of carbonyl (C=O) groups excluding carboxylic acids is 1. The molecule has 2 aliphatic carbocycles. The number of carboxylic acid groups (broad SMARTS) is 1. The Morgan fingerprint density at radius 3 is 2.35 bits per heavy atom. The van der Waals surface area contributed by atoms with Gasteiger partial charge in [0.2, 0.25) is 0 Å². The molecule has 7 rings (SSSR count). The highest BCUT2D eigenvalue weighted by atomic mass is 19.4. The van der Waals surface area contributed by atoms with Gasteiger partial charge in [-0.3, -0.25) is 0 Å². The summed E-state index contributed by atoms with van der Waals surface area (Å²) in [5.41, 5.74) is 2.08. The van der Waals surface area contributed by atoms with Crippen LogP contribution in [0.5, 0.6) is 0 Å². The molecule has 2 N–H and O–H groups in total. The van der Waals surface area contributed by atoms with Gasteiger partial charge in [-0.25, -0.2) is 9.59 Å². The van der Waals surface area contributed by atoms with Crippen LogP contribution in [0, 0.1) is 0 Å². The van der Waals surface area contributed by atoms with Crippen molar-refractivity contribution in [2.24, 2.45) is 0 Å². The van der Waals surface area contributed by atoms with E-state index in [2.05, 4.69) is 28.7 Å². The van der Waals surface area contributed by atoms with Gasteiger partial charge in [-0.05, 0) is 81.0 Å². The van der Waals surface area contributed by atoms with Crippen molar-refractivity contribution in [3.63, 3.8) is 0 Å². The molecular weight excluding hydrogens is 563 g/mol. The first-order valence-corrected chi connectivity index (χ1v) is 14.9. The first kappa shape index (κ1) is 27.9. The molecule has 2 aliphatic heterocycles. The molecule has 2 amide bonds. The number of nitrogens with one attached hydrogen (secondary N) is 1. The Morgan fingerprint density at radius 2 is 1.70 bits per heavy atom. The zero-order chi connectivity index (χ0) is 29.9. The number of amides is 2. The summed E-state index contributed by atoms with van der Waals surface area (Å²) in [5, 5.41) is 16.0. The lowest BCUT2D eigenvalue weighted by Gasteiger charge is -2.38. The zero-order valence-electron chi connectivity index (χ0n) is 23.4. The molecule has 3 aromatic rings. The highest BCUT2D eigenvalue weighted by Gasteiger charge is 2.45. The Bertz CT molecular complexity index is 1550. The van der Waals surface area contributed by atoms with E-state index in [1.165, 1.54) is 18.4 Å². The average molecular weight is 596 g/mol. The summed E-state index contributed by atoms with van der Waals surface area (Å²) in [5.74, 6) is 0.341. The van der Waals surface area contributed by atoms with Crippen molar-refractivity contribution < 1.29 is 37.1 Å². The number of benzene rings is 2. The van der Waals surface area contributed by atoms with E-state index in [0.29, 0.717) is 37.4 Å². The lowest BCUT2D eigenvalue weighted by atomic mass is 9.97. The number of nitrogens with zero attached hydrogens (tertiary/aromatic N) is 2. The summed E-state index contributed by atoms with van der Waals surface area (Å²) < 4.78 is 53.5. The predicted octanol–water partition coefficient (Wildman–Crippen LogP) is 7.56. The molecule has 2 bridgehead atoms. The van der Waals surface area contributed by atoms with Gasteiger partial charge in [-0.2, -0.15) is 13.2 Å². The first-order chi connectivity index (χ1) is 20.7. The number of fused-ring (bicyclic) bond motifs is 2. The van der Waals surface area contributed by atoms with Crippen LogP contribution in [0.25, 0.3) is 11.3 Å². The Balaban J connectivity index is 1.05. The van der Waals surface area contributed by atoms with Crippen LogP contribution in [0.15, 0.2) is 47.0 Å². The minimum atomic E-state index is -4.83. The molecule has 4 aliphatic rings. The number of ether oxygens (including phenoxy) is 1. The maximum absolute atomic E-state index is 13.7. The zero-order valence-corrected chi connectivity index (χ0v) is 23.4. The van der Waals surface area contributed by atoms with E-state index >= 15 is 0 Å². The molecule has 0 radical (unpaired) electrons. The number of alkyl halides is 3. The van der Waals surface area contributed by atoms with Gasteiger partial charge in [0.1, 0.15) is 11.5 Å². The summed E-state index contributed by atoms with van der Waals surface area (Å²) in [6.45, 7) is 0.352. The fraction of sp³-hybridized carbons (Fsp3) is 0.469. The number of hydrogen-bond acceptors (Lipinski definition) is 5. The van der Waals surface area contributed by atoms with E-state index < -0.39 is 35.0 Å². The molecule has 2 unspecified atom stereocenters. The Morgan fingerprint density at radius 1 is 1.00 bits per heavy atom. The van der Waals surface area contributed by atoms with Crippen molar-refractivity contribution in [3.8, 4) is 11.3 Å². The largest absolute Gasteiger partial charge is 0.478 e. The van der Waals surface area contributed by atoms with Crippen LogP contribution < -0.4 is 5.32 Å². The van der Waals surface area contributed by atoms with Crippen molar-refractivity contribution >= 4 is 17.7 Å². The van der Waals surface area contributed by atoms with Gasteiger partial charge < -0.3 is 24.6 Å². The Kier molecular flexibility index (Phi) is 6.95. The Labute approximate surface area is 246 Å². The summed E-state index contributed by atoms with van der Waals surface area (Å²) in [4.78, 5) is 26.1. The van der Waals surface area contributed by atoms with E-state index in [1.807, 2.05) is 6.07 Å². The molecule has 3 heterocycles. The molecule has 2 atom stereocenters. The molecule has 2 saturated heterocycles. The second kappa shape index (κ2) is 10.7. The third kappa shape index (κ3) is 5.50. The maximum atomic E-state index is 13.7. The topological polar surface area (TPSA) is 105 Å². The van der Waals surface area contributed by atoms with Gasteiger partial charge in [0.15, 0.2) is 0 Å². The summed E-state index contributed by atoms with van der Waals surface area (Å²) in [7, 11) is 0. The first-order valence-electron chi connectivity index (χ1n) is 14.9. The summed E-state index contributed by atoms with van der Waals surface area (Å²) in [6, 6.07) is 9.99. The quantitative estimate of drug-likeness (QED) is 0.279. The van der Waals surface area contributed by atoms with Crippen molar-refractivity contribution in [2.45, 2.75) is 94.2 Å². The summed E-state index contributed by atoms with van der Waals surface area (Å²) >= 11 is 0. The average Bonchev–Trinajstić information content (AvgIpc) is 3.91. The predicted molar refractivity (Wildman–Crippen MR) is 150 cm³/mol. The molecule has 226 valence electrons. The SMILES string of the molecule is O=C(O)c1ccc(NC(=O)N2C3CCC2CC(OCc2c(-c4ccccc4C4CC4)noc2C2CC2)C3)c(C(F)(F)F)c1. The van der Waals surface area contributed by atoms with Crippen LogP contribution in [0.4, 0.5) is 23.7 Å². The third-order valence-corrected chi connectivity index (χ3v) is 9.20. The minimum Gasteiger partial charge on any atom is -0.478 e. The van der Waals surface area contributed by atoms with Crippen LogP contribution in [-0.4, -0.2) is 45.4 Å². The highest BCUT2D eigenvalue weighted by molar-refractivity contribution is 5.93. The van der Waals surface area contributed by atoms with Crippen LogP contribution in [0.2, 0.25) is 0 Å². The second-order valence-corrected chi connectivity index (χ2v) is 12.2. The van der Waals surface area contributed by atoms with Crippen molar-refractivity contribution in [1.82, 2.24) is 10.1 Å².